The van der Waals surface area contributed by atoms with Crippen molar-refractivity contribution in [2.45, 2.75) is 13.8 Å². The largest absolute Gasteiger partial charge is 0.451 e. The fraction of sp³-hybridized carbons (Fsp3) is 0.158. The van der Waals surface area contributed by atoms with E-state index in [-0.39, 0.29) is 17.4 Å². The van der Waals surface area contributed by atoms with Crippen LogP contribution in [0.4, 0.5) is 5.88 Å². The Kier molecular flexibility index (Phi) is 5.16. The Morgan fingerprint density at radius 1 is 1.19 bits per heavy atom. The highest BCUT2D eigenvalue weighted by Crippen LogP contribution is 2.22. The van der Waals surface area contributed by atoms with E-state index in [0.717, 1.165) is 11.1 Å². The molecular formula is C19H17N3O5. The maximum absolute atomic E-state index is 11.9. The first-order valence-electron chi connectivity index (χ1n) is 8.12. The van der Waals surface area contributed by atoms with E-state index < -0.39 is 18.5 Å². The maximum atomic E-state index is 11.9. The van der Waals surface area contributed by atoms with Gasteiger partial charge in [-0.15, -0.1) is 0 Å². The number of anilines is 1. The van der Waals surface area contributed by atoms with Crippen LogP contribution in [0.25, 0.3) is 11.3 Å². The standard InChI is InChI=1S/C19H17N3O5/c1-11-3-5-13(6-4-11)15-8-18(27-22-15)21-17(24)10-26-19(25)16-7-14(9-20-16)12(2)23/h3-9,20H,10H2,1-2H3,(H,21,24). The lowest BCUT2D eigenvalue weighted by molar-refractivity contribution is -0.119. The number of H-pyrrole nitrogens is 1. The van der Waals surface area contributed by atoms with E-state index >= 15 is 0 Å². The molecule has 0 fully saturated rings. The molecule has 0 spiro atoms. The molecule has 0 aliphatic heterocycles. The topological polar surface area (TPSA) is 114 Å². The number of ketones is 1. The van der Waals surface area contributed by atoms with E-state index in [9.17, 15) is 14.4 Å². The first-order chi connectivity index (χ1) is 12.9. The number of carbonyl (C=O) groups excluding carboxylic acids is 3. The van der Waals surface area contributed by atoms with E-state index in [1.54, 1.807) is 6.07 Å². The molecule has 0 atom stereocenters. The molecule has 2 heterocycles. The van der Waals surface area contributed by atoms with Crippen LogP contribution in [0.5, 0.6) is 0 Å². The van der Waals surface area contributed by atoms with Crippen LogP contribution in [0.3, 0.4) is 0 Å². The lowest BCUT2D eigenvalue weighted by Crippen LogP contribution is -2.20. The number of nitrogens with zero attached hydrogens (tertiary/aromatic N) is 1. The third-order valence-electron chi connectivity index (χ3n) is 3.76. The minimum atomic E-state index is -0.740. The highest BCUT2D eigenvalue weighted by atomic mass is 16.5. The van der Waals surface area contributed by atoms with E-state index in [4.69, 9.17) is 9.26 Å². The number of aromatic nitrogens is 2. The maximum Gasteiger partial charge on any atom is 0.355 e. The van der Waals surface area contributed by atoms with Crippen molar-refractivity contribution in [3.8, 4) is 11.3 Å². The van der Waals surface area contributed by atoms with Crippen LogP contribution >= 0.6 is 0 Å². The number of benzene rings is 1. The van der Waals surface area contributed by atoms with Crippen molar-refractivity contribution in [1.82, 2.24) is 10.1 Å². The number of carbonyl (C=O) groups is 3. The number of aromatic amines is 1. The van der Waals surface area contributed by atoms with Crippen molar-refractivity contribution >= 4 is 23.5 Å². The van der Waals surface area contributed by atoms with Gasteiger partial charge in [0.15, 0.2) is 12.4 Å². The van der Waals surface area contributed by atoms with Crippen LogP contribution in [-0.4, -0.2) is 34.4 Å². The number of aryl methyl sites for hydroxylation is 1. The lowest BCUT2D eigenvalue weighted by Gasteiger charge is -2.02. The molecule has 2 N–H and O–H groups in total. The van der Waals surface area contributed by atoms with Gasteiger partial charge in [0.05, 0.1) is 0 Å². The number of hydrogen-bond donors (Lipinski definition) is 2. The Labute approximate surface area is 154 Å². The summed E-state index contributed by atoms with van der Waals surface area (Å²) in [5, 5.41) is 6.36. The zero-order valence-corrected chi connectivity index (χ0v) is 14.7. The fourth-order valence-electron chi connectivity index (χ4n) is 2.29. The molecule has 0 aliphatic carbocycles. The zero-order chi connectivity index (χ0) is 19.4. The van der Waals surface area contributed by atoms with Crippen LogP contribution in [0.2, 0.25) is 0 Å². The molecule has 0 radical (unpaired) electrons. The van der Waals surface area contributed by atoms with Gasteiger partial charge in [0.2, 0.25) is 5.88 Å². The van der Waals surface area contributed by atoms with Crippen LogP contribution < -0.4 is 5.32 Å². The monoisotopic (exact) mass is 367 g/mol. The van der Waals surface area contributed by atoms with Gasteiger partial charge in [-0.2, -0.15) is 0 Å². The summed E-state index contributed by atoms with van der Waals surface area (Å²) in [4.78, 5) is 37.6. The second-order valence-electron chi connectivity index (χ2n) is 5.92. The predicted molar refractivity (Wildman–Crippen MR) is 96.4 cm³/mol. The van der Waals surface area contributed by atoms with Crippen molar-refractivity contribution in [1.29, 1.82) is 0 Å². The number of Topliss-reactive ketones (excluding diaryl/α,β-unsaturated/α-hetero) is 1. The summed E-state index contributed by atoms with van der Waals surface area (Å²) in [7, 11) is 0. The van der Waals surface area contributed by atoms with Gasteiger partial charge < -0.3 is 14.2 Å². The molecule has 0 aliphatic rings. The van der Waals surface area contributed by atoms with Crippen LogP contribution in [0, 0.1) is 6.92 Å². The molecular weight excluding hydrogens is 350 g/mol. The van der Waals surface area contributed by atoms with Crippen LogP contribution in [0.15, 0.2) is 47.1 Å². The number of nitrogens with one attached hydrogen (secondary N) is 2. The average Bonchev–Trinajstić information content (AvgIpc) is 3.30. The molecule has 2 aromatic heterocycles. The van der Waals surface area contributed by atoms with Crippen molar-refractivity contribution in [3.63, 3.8) is 0 Å². The summed E-state index contributed by atoms with van der Waals surface area (Å²) in [5.74, 6) is -1.35. The van der Waals surface area contributed by atoms with Gasteiger partial charge in [-0.3, -0.25) is 14.9 Å². The lowest BCUT2D eigenvalue weighted by atomic mass is 10.1. The van der Waals surface area contributed by atoms with Crippen molar-refractivity contribution in [2.24, 2.45) is 0 Å². The third-order valence-corrected chi connectivity index (χ3v) is 3.76. The molecule has 8 heteroatoms. The van der Waals surface area contributed by atoms with Crippen molar-refractivity contribution in [2.75, 3.05) is 11.9 Å². The second kappa shape index (κ2) is 7.69. The summed E-state index contributed by atoms with van der Waals surface area (Å²) in [6.07, 6.45) is 1.40. The molecule has 0 saturated carbocycles. The molecule has 3 aromatic rings. The minimum absolute atomic E-state index is 0.0920. The van der Waals surface area contributed by atoms with Gasteiger partial charge in [-0.05, 0) is 19.9 Å². The highest BCUT2D eigenvalue weighted by Gasteiger charge is 2.15. The van der Waals surface area contributed by atoms with Gasteiger partial charge in [0.25, 0.3) is 5.91 Å². The Bertz CT molecular complexity index is 985. The summed E-state index contributed by atoms with van der Waals surface area (Å²) < 4.78 is 9.98. The third kappa shape index (κ3) is 4.49. The summed E-state index contributed by atoms with van der Waals surface area (Å²) in [5.41, 5.74) is 3.00. The molecule has 3 rings (SSSR count). The molecule has 138 valence electrons. The minimum Gasteiger partial charge on any atom is -0.451 e. The first-order valence-corrected chi connectivity index (χ1v) is 8.12. The van der Waals surface area contributed by atoms with Gasteiger partial charge in [0, 0.05) is 23.4 Å². The quantitative estimate of drug-likeness (QED) is 0.511. The van der Waals surface area contributed by atoms with Gasteiger partial charge in [-0.1, -0.05) is 35.0 Å². The Balaban J connectivity index is 1.54. The molecule has 0 saturated heterocycles. The van der Waals surface area contributed by atoms with Gasteiger partial charge in [0.1, 0.15) is 11.4 Å². The highest BCUT2D eigenvalue weighted by molar-refractivity contribution is 5.98. The van der Waals surface area contributed by atoms with E-state index in [0.29, 0.717) is 11.3 Å². The molecule has 0 unspecified atom stereocenters. The van der Waals surface area contributed by atoms with Gasteiger partial charge in [-0.25, -0.2) is 4.79 Å². The Morgan fingerprint density at radius 3 is 2.59 bits per heavy atom. The Morgan fingerprint density at radius 2 is 1.93 bits per heavy atom. The first kappa shape index (κ1) is 18.1. The second-order valence-corrected chi connectivity index (χ2v) is 5.92. The van der Waals surface area contributed by atoms with E-state index in [1.807, 2.05) is 31.2 Å². The van der Waals surface area contributed by atoms with Crippen LogP contribution in [0.1, 0.15) is 33.3 Å². The number of esters is 1. The summed E-state index contributed by atoms with van der Waals surface area (Å²) in [6.45, 7) is 2.86. The van der Waals surface area contributed by atoms with Crippen molar-refractivity contribution < 1.29 is 23.6 Å². The normalized spacial score (nSPS) is 10.4. The van der Waals surface area contributed by atoms with Crippen molar-refractivity contribution in [3.05, 3.63) is 59.4 Å². The molecule has 0 bridgehead atoms. The average molecular weight is 367 g/mol. The predicted octanol–water partition coefficient (Wildman–Crippen LogP) is 2.98. The zero-order valence-electron chi connectivity index (χ0n) is 14.7. The SMILES string of the molecule is CC(=O)c1c[nH]c(C(=O)OCC(=O)Nc2cc(-c3ccc(C)cc3)no2)c1. The molecule has 1 amide bonds. The number of ether oxygens (including phenoxy) is 1. The number of hydrogen-bond acceptors (Lipinski definition) is 6. The van der Waals surface area contributed by atoms with Crippen LogP contribution in [-0.2, 0) is 9.53 Å². The van der Waals surface area contributed by atoms with E-state index in [1.165, 1.54) is 19.2 Å². The smallest absolute Gasteiger partial charge is 0.355 e. The number of rotatable bonds is 6. The number of amides is 1. The summed E-state index contributed by atoms with van der Waals surface area (Å²) >= 11 is 0. The summed E-state index contributed by atoms with van der Waals surface area (Å²) in [6, 6.07) is 10.6. The van der Waals surface area contributed by atoms with Gasteiger partial charge >= 0.3 is 5.97 Å². The fourth-order valence-corrected chi connectivity index (χ4v) is 2.29. The Hall–Kier alpha value is -3.68. The molecule has 27 heavy (non-hydrogen) atoms. The molecule has 1 aromatic carbocycles. The molecule has 8 nitrogen and oxygen atoms in total. The van der Waals surface area contributed by atoms with E-state index in [2.05, 4.69) is 15.5 Å².